The molecule has 2 heterocycles. The van der Waals surface area contributed by atoms with E-state index in [1.807, 2.05) is 85.8 Å². The molecule has 0 radical (unpaired) electrons. The Morgan fingerprint density at radius 3 is 2.39 bits per heavy atom. The molecular weight excluding hydrogens is 785 g/mol. The van der Waals surface area contributed by atoms with Gasteiger partial charge >= 0.3 is 6.09 Å². The van der Waals surface area contributed by atoms with Gasteiger partial charge in [0, 0.05) is 79.6 Å². The molecule has 0 bridgehead atoms. The Labute approximate surface area is 360 Å². The summed E-state index contributed by atoms with van der Waals surface area (Å²) in [7, 11) is 1.71. The van der Waals surface area contributed by atoms with E-state index in [0.29, 0.717) is 84.4 Å². The standard InChI is InChI=1S/C49H52N6O7/c1-32(50-31-44(57)40-19-21-43(56)47-41(40)20-22-45(58)53-47)29-33-15-17-36(18-16-33)51-48(60)35-11-8-12-37(30-35)54(2)46(59)25-28-55-26-23-38(24-27-55)62-49(61)52-42-14-7-6-13-39(42)34-9-4-3-5-10-34/h3-22,30,32,38,44,50,56-57H,23-29,31H2,1-2H3,(H,51,60)(H,52,61)(H,53,58)/t32-,44-/m0/s1. The van der Waals surface area contributed by atoms with Gasteiger partial charge in [-0.1, -0.05) is 72.8 Å². The summed E-state index contributed by atoms with van der Waals surface area (Å²) in [6, 6.07) is 38.1. The first kappa shape index (κ1) is 43.3. The van der Waals surface area contributed by atoms with Gasteiger partial charge in [0.25, 0.3) is 5.91 Å². The Morgan fingerprint density at radius 1 is 0.871 bits per heavy atom. The summed E-state index contributed by atoms with van der Waals surface area (Å²) in [6.45, 7) is 4.26. The topological polar surface area (TPSA) is 176 Å². The second-order valence-corrected chi connectivity index (χ2v) is 15.7. The maximum atomic E-state index is 13.3. The molecule has 1 aromatic heterocycles. The van der Waals surface area contributed by atoms with Gasteiger partial charge in [0.15, 0.2) is 0 Å². The van der Waals surface area contributed by atoms with Crippen LogP contribution in [0, 0.1) is 0 Å². The Bertz CT molecular complexity index is 2560. The number of aromatic hydroxyl groups is 1. The molecule has 2 atom stereocenters. The highest BCUT2D eigenvalue weighted by Crippen LogP contribution is 2.30. The number of amides is 3. The molecule has 5 aromatic carbocycles. The number of aliphatic hydroxyl groups is 1. The van der Waals surface area contributed by atoms with Crippen molar-refractivity contribution in [1.29, 1.82) is 0 Å². The van der Waals surface area contributed by atoms with Crippen molar-refractivity contribution in [3.05, 3.63) is 154 Å². The first-order valence-corrected chi connectivity index (χ1v) is 20.9. The Morgan fingerprint density at radius 2 is 1.61 bits per heavy atom. The van der Waals surface area contributed by atoms with Crippen LogP contribution in [0.5, 0.6) is 5.75 Å². The van der Waals surface area contributed by atoms with Gasteiger partial charge in [-0.25, -0.2) is 4.79 Å². The summed E-state index contributed by atoms with van der Waals surface area (Å²) < 4.78 is 5.78. The molecule has 1 fully saturated rings. The molecule has 1 aliphatic heterocycles. The number of hydrogen-bond donors (Lipinski definition) is 6. The number of rotatable bonds is 15. The summed E-state index contributed by atoms with van der Waals surface area (Å²) in [4.78, 5) is 57.5. The van der Waals surface area contributed by atoms with Gasteiger partial charge in [-0.3, -0.25) is 19.7 Å². The molecule has 3 amide bonds. The van der Waals surface area contributed by atoms with Crippen molar-refractivity contribution in [2.45, 2.75) is 50.9 Å². The minimum atomic E-state index is -0.866. The molecule has 13 nitrogen and oxygen atoms in total. The number of ether oxygens (including phenoxy) is 1. The minimum Gasteiger partial charge on any atom is -0.506 e. The van der Waals surface area contributed by atoms with E-state index in [0.717, 1.165) is 16.7 Å². The fourth-order valence-corrected chi connectivity index (χ4v) is 7.75. The van der Waals surface area contributed by atoms with Crippen LogP contribution in [-0.4, -0.2) is 83.4 Å². The van der Waals surface area contributed by atoms with Gasteiger partial charge in [-0.2, -0.15) is 0 Å². The maximum absolute atomic E-state index is 13.3. The smallest absolute Gasteiger partial charge is 0.411 e. The van der Waals surface area contributed by atoms with Gasteiger partial charge < -0.3 is 40.4 Å². The zero-order chi connectivity index (χ0) is 43.6. The van der Waals surface area contributed by atoms with Crippen LogP contribution in [0.25, 0.3) is 22.0 Å². The zero-order valence-corrected chi connectivity index (χ0v) is 34.8. The number of H-pyrrole nitrogens is 1. The van der Waals surface area contributed by atoms with Gasteiger partial charge in [0.1, 0.15) is 11.9 Å². The molecule has 62 heavy (non-hydrogen) atoms. The predicted octanol–water partition coefficient (Wildman–Crippen LogP) is 7.47. The third-order valence-corrected chi connectivity index (χ3v) is 11.2. The summed E-state index contributed by atoms with van der Waals surface area (Å²) in [6.07, 6.45) is 0.757. The number of aromatic nitrogens is 1. The highest BCUT2D eigenvalue weighted by atomic mass is 16.6. The van der Waals surface area contributed by atoms with E-state index >= 15 is 0 Å². The quantitative estimate of drug-likeness (QED) is 0.0613. The van der Waals surface area contributed by atoms with E-state index in [1.165, 1.54) is 12.1 Å². The monoisotopic (exact) mass is 836 g/mol. The van der Waals surface area contributed by atoms with E-state index in [-0.39, 0.29) is 41.8 Å². The number of hydrogen-bond acceptors (Lipinski definition) is 9. The average molecular weight is 837 g/mol. The Balaban J connectivity index is 0.827. The fourth-order valence-electron chi connectivity index (χ4n) is 7.75. The number of likely N-dealkylation sites (tertiary alicyclic amines) is 1. The first-order valence-electron chi connectivity index (χ1n) is 20.9. The lowest BCUT2D eigenvalue weighted by atomic mass is 10.0. The fraction of sp³-hybridized carbons (Fsp3) is 0.265. The van der Waals surface area contributed by atoms with Gasteiger partial charge in [-0.05, 0) is 91.4 Å². The summed E-state index contributed by atoms with van der Waals surface area (Å²) in [5, 5.41) is 30.9. The number of nitrogens with zero attached hydrogens (tertiary/aromatic N) is 2. The molecule has 1 aliphatic rings. The first-order chi connectivity index (χ1) is 30.0. The number of phenols is 1. The van der Waals surface area contributed by atoms with Crippen molar-refractivity contribution in [2.24, 2.45) is 0 Å². The van der Waals surface area contributed by atoms with E-state index in [1.54, 1.807) is 48.3 Å². The molecule has 1 saturated heterocycles. The number of para-hydroxylation sites is 1. The van der Waals surface area contributed by atoms with Crippen molar-refractivity contribution < 1.29 is 29.3 Å². The van der Waals surface area contributed by atoms with Crippen LogP contribution in [0.2, 0.25) is 0 Å². The molecule has 13 heteroatoms. The number of benzene rings is 5. The normalized spacial score (nSPS) is 14.2. The lowest BCUT2D eigenvalue weighted by Gasteiger charge is -2.31. The van der Waals surface area contributed by atoms with Crippen LogP contribution in [0.4, 0.5) is 21.9 Å². The molecule has 320 valence electrons. The van der Waals surface area contributed by atoms with Gasteiger partial charge in [0.2, 0.25) is 11.5 Å². The number of phenolic OH excluding ortho intramolecular Hbond substituents is 1. The van der Waals surface area contributed by atoms with Crippen molar-refractivity contribution in [1.82, 2.24) is 15.2 Å². The summed E-state index contributed by atoms with van der Waals surface area (Å²) >= 11 is 0. The van der Waals surface area contributed by atoms with E-state index in [2.05, 4.69) is 25.8 Å². The van der Waals surface area contributed by atoms with Gasteiger partial charge in [-0.15, -0.1) is 0 Å². The number of carbonyl (C=O) groups excluding carboxylic acids is 3. The highest BCUT2D eigenvalue weighted by molar-refractivity contribution is 6.05. The number of piperidine rings is 1. The summed E-state index contributed by atoms with van der Waals surface area (Å²) in [5.41, 5.74) is 5.87. The largest absolute Gasteiger partial charge is 0.506 e. The minimum absolute atomic E-state index is 0.0117. The average Bonchev–Trinajstić information content (AvgIpc) is 3.29. The van der Waals surface area contributed by atoms with Gasteiger partial charge in [0.05, 0.1) is 17.3 Å². The number of nitrogens with one attached hydrogen (secondary N) is 4. The third kappa shape index (κ3) is 11.1. The number of carbonyl (C=O) groups is 3. The molecule has 6 N–H and O–H groups in total. The molecular formula is C49H52N6O7. The number of aliphatic hydroxyl groups excluding tert-OH is 1. The lowest BCUT2D eigenvalue weighted by molar-refractivity contribution is -0.118. The van der Waals surface area contributed by atoms with Crippen molar-refractivity contribution in [2.75, 3.05) is 48.8 Å². The van der Waals surface area contributed by atoms with Crippen LogP contribution in [0.3, 0.4) is 0 Å². The number of fused-ring (bicyclic) bond motifs is 1. The zero-order valence-electron chi connectivity index (χ0n) is 34.8. The van der Waals surface area contributed by atoms with E-state index in [9.17, 15) is 29.4 Å². The highest BCUT2D eigenvalue weighted by Gasteiger charge is 2.24. The second-order valence-electron chi connectivity index (χ2n) is 15.7. The van der Waals surface area contributed by atoms with Crippen LogP contribution in [0.1, 0.15) is 53.8 Å². The van der Waals surface area contributed by atoms with Crippen LogP contribution in [-0.2, 0) is 16.0 Å². The second kappa shape index (κ2) is 20.2. The SMILES string of the molecule is C[C@@H](Cc1ccc(NC(=O)c2cccc(N(C)C(=O)CCN3CCC(OC(=O)Nc4ccccc4-c4ccccc4)CC3)c2)cc1)NC[C@H](O)c1ccc(O)c2[nH]c(=O)ccc12. The van der Waals surface area contributed by atoms with E-state index in [4.69, 9.17) is 4.74 Å². The number of aromatic amines is 1. The molecule has 0 unspecified atom stereocenters. The maximum Gasteiger partial charge on any atom is 0.411 e. The summed E-state index contributed by atoms with van der Waals surface area (Å²) in [5.74, 6) is -0.426. The Kier molecular flexibility index (Phi) is 14.1. The molecule has 0 aliphatic carbocycles. The Hall–Kier alpha value is -6.80. The molecule has 7 rings (SSSR count). The van der Waals surface area contributed by atoms with Crippen LogP contribution < -0.4 is 26.4 Å². The van der Waals surface area contributed by atoms with Crippen LogP contribution >= 0.6 is 0 Å². The van der Waals surface area contributed by atoms with Crippen LogP contribution in [0.15, 0.2) is 132 Å². The van der Waals surface area contributed by atoms with Crippen molar-refractivity contribution >= 4 is 45.9 Å². The number of anilines is 3. The van der Waals surface area contributed by atoms with Crippen molar-refractivity contribution in [3.63, 3.8) is 0 Å². The number of pyridine rings is 1. The van der Waals surface area contributed by atoms with E-state index < -0.39 is 12.2 Å². The van der Waals surface area contributed by atoms with Crippen molar-refractivity contribution in [3.8, 4) is 16.9 Å². The molecule has 6 aromatic rings. The molecule has 0 saturated carbocycles. The lowest BCUT2D eigenvalue weighted by Crippen LogP contribution is -2.40. The third-order valence-electron chi connectivity index (χ3n) is 11.2. The molecule has 0 spiro atoms. The predicted molar refractivity (Wildman–Crippen MR) is 243 cm³/mol.